The molecule has 2 amide bonds. The predicted molar refractivity (Wildman–Crippen MR) is 148 cm³/mol. The van der Waals surface area contributed by atoms with Crippen molar-refractivity contribution >= 4 is 23.8 Å². The number of carbonyl (C=O) groups is 2. The molecule has 0 aromatic carbocycles. The fourth-order valence-electron chi connectivity index (χ4n) is 5.97. The number of amides is 2. The molecule has 3 rings (SSSR count). The summed E-state index contributed by atoms with van der Waals surface area (Å²) in [4.78, 5) is 28.8. The molecule has 0 aromatic heterocycles. The third kappa shape index (κ3) is 7.78. The number of hydrogen-bond donors (Lipinski definition) is 5. The maximum Gasteiger partial charge on any atom is 0.411 e. The smallest absolute Gasteiger partial charge is 0.411 e. The van der Waals surface area contributed by atoms with Gasteiger partial charge in [-0.15, -0.1) is 11.8 Å². The Hall–Kier alpha value is -1.15. The number of ether oxygens (including phenoxy) is 3. The lowest BCUT2D eigenvalue weighted by Crippen LogP contribution is -2.65. The van der Waals surface area contributed by atoms with Crippen molar-refractivity contribution in [1.29, 1.82) is 0 Å². The highest BCUT2D eigenvalue weighted by atomic mass is 32.2. The first-order chi connectivity index (χ1) is 18.3. The molecular weight excluding hydrogens is 526 g/mol. The quantitative estimate of drug-likeness (QED) is 0.283. The van der Waals surface area contributed by atoms with Crippen LogP contribution >= 0.6 is 11.8 Å². The minimum absolute atomic E-state index is 0.0367. The van der Waals surface area contributed by atoms with Gasteiger partial charge in [0.15, 0.2) is 0 Å². The topological polar surface area (TPSA) is 164 Å². The predicted octanol–water partition coefficient (Wildman–Crippen LogP) is 1.07. The van der Waals surface area contributed by atoms with E-state index in [2.05, 4.69) is 5.32 Å². The first-order valence-electron chi connectivity index (χ1n) is 14.1. The fraction of sp³-hybridized carbons (Fsp3) is 0.926. The number of aliphatic hydroxyl groups excluding tert-OH is 3. The Balaban J connectivity index is 1.86. The molecule has 3 unspecified atom stereocenters. The van der Waals surface area contributed by atoms with Gasteiger partial charge in [0.2, 0.25) is 5.91 Å². The van der Waals surface area contributed by atoms with E-state index in [1.165, 1.54) is 16.7 Å². The van der Waals surface area contributed by atoms with Gasteiger partial charge in [0, 0.05) is 19.1 Å². The molecule has 6 N–H and O–H groups in total. The average molecular weight is 576 g/mol. The van der Waals surface area contributed by atoms with Crippen LogP contribution in [0.3, 0.4) is 0 Å². The highest BCUT2D eigenvalue weighted by molar-refractivity contribution is 7.99. The number of fused-ring (bicyclic) bond motifs is 1. The van der Waals surface area contributed by atoms with Gasteiger partial charge in [-0.2, -0.15) is 0 Å². The van der Waals surface area contributed by atoms with E-state index >= 15 is 0 Å². The van der Waals surface area contributed by atoms with Crippen LogP contribution in [0.5, 0.6) is 0 Å². The maximum atomic E-state index is 14.0. The van der Waals surface area contributed by atoms with E-state index in [0.29, 0.717) is 25.6 Å². The summed E-state index contributed by atoms with van der Waals surface area (Å²) in [6.07, 6.45) is -0.817. The van der Waals surface area contributed by atoms with Gasteiger partial charge in [-0.3, -0.25) is 9.69 Å². The molecule has 3 fully saturated rings. The summed E-state index contributed by atoms with van der Waals surface area (Å²) in [5.41, 5.74) is 4.23. The highest BCUT2D eigenvalue weighted by Crippen LogP contribution is 2.38. The van der Waals surface area contributed by atoms with Gasteiger partial charge in [-0.25, -0.2) is 4.79 Å². The van der Waals surface area contributed by atoms with Gasteiger partial charge in [0.25, 0.3) is 0 Å². The van der Waals surface area contributed by atoms with Crippen molar-refractivity contribution in [2.45, 2.75) is 114 Å². The lowest BCUT2D eigenvalue weighted by molar-refractivity contribution is -0.208. The minimum Gasteiger partial charge on any atom is -0.444 e. The highest BCUT2D eigenvalue weighted by Gasteiger charge is 2.53. The van der Waals surface area contributed by atoms with E-state index in [0.717, 1.165) is 25.7 Å². The van der Waals surface area contributed by atoms with Gasteiger partial charge in [0.1, 0.15) is 41.5 Å². The molecule has 0 aromatic rings. The number of likely N-dealkylation sites (tertiary alicyclic amines) is 1. The molecule has 3 saturated heterocycles. The second kappa shape index (κ2) is 13.7. The summed E-state index contributed by atoms with van der Waals surface area (Å²) in [5.74, 6) is -0.257. The van der Waals surface area contributed by atoms with Crippen molar-refractivity contribution in [1.82, 2.24) is 10.2 Å². The lowest BCUT2D eigenvalue weighted by atomic mass is 9.86. The molecule has 0 bridgehead atoms. The first kappa shape index (κ1) is 32.4. The summed E-state index contributed by atoms with van der Waals surface area (Å²) in [7, 11) is 0. The third-order valence-corrected chi connectivity index (χ3v) is 8.80. The van der Waals surface area contributed by atoms with E-state index in [1.807, 2.05) is 13.8 Å². The summed E-state index contributed by atoms with van der Waals surface area (Å²) < 4.78 is 17.9. The molecule has 12 heteroatoms. The molecular formula is C27H49N3O8S. The monoisotopic (exact) mass is 575 g/mol. The van der Waals surface area contributed by atoms with Crippen LogP contribution in [0.1, 0.15) is 60.3 Å². The van der Waals surface area contributed by atoms with Gasteiger partial charge in [0.05, 0.1) is 12.1 Å². The number of carbonyl (C=O) groups excluding carboxylic acids is 2. The van der Waals surface area contributed by atoms with Gasteiger partial charge in [-0.05, 0) is 71.1 Å². The molecule has 10 atom stereocenters. The van der Waals surface area contributed by atoms with Crippen molar-refractivity contribution in [3.05, 3.63) is 0 Å². The Bertz CT molecular complexity index is 825. The summed E-state index contributed by atoms with van der Waals surface area (Å²) in [6.45, 7) is 10.5. The Morgan fingerprint density at radius 1 is 1.18 bits per heavy atom. The Labute approximate surface area is 236 Å². The summed E-state index contributed by atoms with van der Waals surface area (Å²) in [5, 5.41) is 34.6. The SMILES string of the molecule is CSC1O[C@H]([C@H](NC(=O)[C@@H]2[C@@H]3OCC[C@@H](CCCN)C[C@H]3CN2C(=O)OC(C)(C)C)C(C)C)C(O)C(O)[C@H]1O. The molecule has 11 nitrogen and oxygen atoms in total. The zero-order valence-electron chi connectivity index (χ0n) is 24.1. The van der Waals surface area contributed by atoms with Crippen molar-refractivity contribution in [2.24, 2.45) is 23.5 Å². The van der Waals surface area contributed by atoms with Crippen LogP contribution in [0.4, 0.5) is 4.79 Å². The van der Waals surface area contributed by atoms with Crippen molar-refractivity contribution in [2.75, 3.05) is 26.0 Å². The number of rotatable bonds is 8. The van der Waals surface area contributed by atoms with Crippen molar-refractivity contribution in [3.63, 3.8) is 0 Å². The van der Waals surface area contributed by atoms with Crippen molar-refractivity contribution < 1.29 is 39.1 Å². The number of hydrogen-bond acceptors (Lipinski definition) is 10. The van der Waals surface area contributed by atoms with Crippen molar-refractivity contribution in [3.8, 4) is 0 Å². The van der Waals surface area contributed by atoms with Crippen LogP contribution in [0.2, 0.25) is 0 Å². The number of nitrogens with one attached hydrogen (secondary N) is 1. The maximum absolute atomic E-state index is 14.0. The zero-order valence-corrected chi connectivity index (χ0v) is 24.9. The third-order valence-electron chi connectivity index (χ3n) is 7.95. The van der Waals surface area contributed by atoms with E-state index < -0.39 is 65.6 Å². The van der Waals surface area contributed by atoms with Crippen LogP contribution in [0, 0.1) is 17.8 Å². The van der Waals surface area contributed by atoms with Crippen LogP contribution in [-0.2, 0) is 19.0 Å². The van der Waals surface area contributed by atoms with Gasteiger partial charge in [-0.1, -0.05) is 13.8 Å². The van der Waals surface area contributed by atoms with E-state index in [-0.39, 0.29) is 11.8 Å². The normalized spacial score (nSPS) is 36.3. The van der Waals surface area contributed by atoms with Crippen LogP contribution in [0.15, 0.2) is 0 Å². The Kier molecular flexibility index (Phi) is 11.3. The van der Waals surface area contributed by atoms with E-state index in [4.69, 9.17) is 19.9 Å². The largest absolute Gasteiger partial charge is 0.444 e. The van der Waals surface area contributed by atoms with Crippen LogP contribution in [0.25, 0.3) is 0 Å². The standard InChI is InChI=1S/C27H49N3O8S/c1-14(2)17(23-20(32)19(31)21(33)25(37-23)39-6)29-24(34)18-22-16(12-15(8-7-10-28)9-11-36-22)13-30(18)26(35)38-27(3,4)5/h14-23,25,31-33H,7-13,28H2,1-6H3,(H,29,34)/t15-,16+,17-,18+,19?,20?,21-,22-,23-,25?/m1/s1. The number of nitrogens with two attached hydrogens (primary N) is 1. The summed E-state index contributed by atoms with van der Waals surface area (Å²) >= 11 is 1.22. The van der Waals surface area contributed by atoms with Gasteiger partial charge >= 0.3 is 6.09 Å². The first-order valence-corrected chi connectivity index (χ1v) is 15.4. The second-order valence-electron chi connectivity index (χ2n) is 12.4. The number of aliphatic hydroxyl groups is 3. The molecule has 226 valence electrons. The zero-order chi connectivity index (χ0) is 29.1. The molecule has 3 heterocycles. The minimum atomic E-state index is -1.43. The second-order valence-corrected chi connectivity index (χ2v) is 13.4. The molecule has 0 spiro atoms. The Morgan fingerprint density at radius 2 is 1.87 bits per heavy atom. The summed E-state index contributed by atoms with van der Waals surface area (Å²) in [6, 6.07) is -1.63. The van der Waals surface area contributed by atoms with Crippen LogP contribution < -0.4 is 11.1 Å². The molecule has 0 radical (unpaired) electrons. The molecule has 0 saturated carbocycles. The molecule has 3 aliphatic heterocycles. The fourth-order valence-corrected chi connectivity index (χ4v) is 6.65. The number of nitrogens with zero attached hydrogens (tertiary/aromatic N) is 1. The Morgan fingerprint density at radius 3 is 2.46 bits per heavy atom. The van der Waals surface area contributed by atoms with E-state index in [1.54, 1.807) is 27.0 Å². The molecule has 39 heavy (non-hydrogen) atoms. The molecule has 0 aliphatic carbocycles. The van der Waals surface area contributed by atoms with Gasteiger partial charge < -0.3 is 40.6 Å². The average Bonchev–Trinajstić information content (AvgIpc) is 3.10. The van der Waals surface area contributed by atoms with E-state index in [9.17, 15) is 24.9 Å². The lowest BCUT2D eigenvalue weighted by Gasteiger charge is -2.44. The number of thioether (sulfide) groups is 1. The van der Waals surface area contributed by atoms with Crippen LogP contribution in [-0.4, -0.2) is 112 Å². The molecule has 3 aliphatic rings.